The Labute approximate surface area is 111 Å². The summed E-state index contributed by atoms with van der Waals surface area (Å²) in [6.45, 7) is 1.45. The zero-order chi connectivity index (χ0) is 14.0. The summed E-state index contributed by atoms with van der Waals surface area (Å²) < 4.78 is 33.2. The standard InChI is InChI=1S/C12H14O6S/c1-8-2-4-9(5-3-8)19(15,16)17-7-11-10(13)6-12(14)18-11/h2-5,10-11,13H,6-7H2,1H3/t10-,11+/m0/s1. The van der Waals surface area contributed by atoms with Crippen LogP contribution in [0.25, 0.3) is 0 Å². The molecule has 1 heterocycles. The van der Waals surface area contributed by atoms with Crippen LogP contribution in [0.1, 0.15) is 12.0 Å². The summed E-state index contributed by atoms with van der Waals surface area (Å²) in [5.74, 6) is -0.561. The van der Waals surface area contributed by atoms with E-state index >= 15 is 0 Å². The molecule has 1 aliphatic heterocycles. The number of esters is 1. The first-order chi connectivity index (χ1) is 8.88. The Bertz CT molecular complexity index is 562. The molecule has 0 amide bonds. The number of carbonyl (C=O) groups is 1. The molecule has 104 valence electrons. The van der Waals surface area contributed by atoms with Gasteiger partial charge in [-0.3, -0.25) is 8.98 Å². The van der Waals surface area contributed by atoms with Crippen LogP contribution in [0.2, 0.25) is 0 Å². The third kappa shape index (κ3) is 3.31. The van der Waals surface area contributed by atoms with Gasteiger partial charge in [0.1, 0.15) is 12.7 Å². The molecule has 0 bridgehead atoms. The number of aryl methyl sites for hydroxylation is 1. The van der Waals surface area contributed by atoms with Crippen LogP contribution in [0.3, 0.4) is 0 Å². The Hall–Kier alpha value is -1.44. The first kappa shape index (κ1) is 14.0. The normalized spacial score (nSPS) is 23.4. The zero-order valence-corrected chi connectivity index (χ0v) is 11.1. The van der Waals surface area contributed by atoms with E-state index in [1.165, 1.54) is 12.1 Å². The summed E-state index contributed by atoms with van der Waals surface area (Å²) in [6, 6.07) is 6.17. The van der Waals surface area contributed by atoms with Crippen molar-refractivity contribution < 1.29 is 27.2 Å². The Morgan fingerprint density at radius 1 is 1.37 bits per heavy atom. The minimum absolute atomic E-state index is 0.0249. The van der Waals surface area contributed by atoms with Crippen molar-refractivity contribution in [2.75, 3.05) is 6.61 Å². The molecule has 1 saturated heterocycles. The lowest BCUT2D eigenvalue weighted by atomic mass is 10.2. The van der Waals surface area contributed by atoms with Gasteiger partial charge < -0.3 is 9.84 Å². The molecule has 1 aromatic rings. The molecule has 2 atom stereocenters. The van der Waals surface area contributed by atoms with Crippen LogP contribution in [-0.4, -0.2) is 38.3 Å². The van der Waals surface area contributed by atoms with E-state index in [1.54, 1.807) is 12.1 Å². The lowest BCUT2D eigenvalue weighted by molar-refractivity contribution is -0.142. The average Bonchev–Trinajstić information content (AvgIpc) is 2.66. The fourth-order valence-electron chi connectivity index (χ4n) is 1.67. The molecule has 0 aliphatic carbocycles. The SMILES string of the molecule is Cc1ccc(S(=O)(=O)OC[C@H]2OC(=O)C[C@@H]2O)cc1. The highest BCUT2D eigenvalue weighted by molar-refractivity contribution is 7.86. The van der Waals surface area contributed by atoms with Crippen molar-refractivity contribution in [3.63, 3.8) is 0 Å². The Balaban J connectivity index is 2.02. The van der Waals surface area contributed by atoms with Crippen molar-refractivity contribution in [3.8, 4) is 0 Å². The van der Waals surface area contributed by atoms with Crippen molar-refractivity contribution in [1.29, 1.82) is 0 Å². The molecule has 1 fully saturated rings. The van der Waals surface area contributed by atoms with Gasteiger partial charge >= 0.3 is 5.97 Å². The van der Waals surface area contributed by atoms with Gasteiger partial charge in [-0.1, -0.05) is 17.7 Å². The molecule has 0 unspecified atom stereocenters. The van der Waals surface area contributed by atoms with Crippen molar-refractivity contribution >= 4 is 16.1 Å². The molecule has 7 heteroatoms. The molecule has 0 aromatic heterocycles. The number of benzene rings is 1. The number of ether oxygens (including phenoxy) is 1. The number of hydrogen-bond acceptors (Lipinski definition) is 6. The Kier molecular flexibility index (Phi) is 3.88. The second kappa shape index (κ2) is 5.28. The molecule has 0 radical (unpaired) electrons. The molecule has 0 saturated carbocycles. The molecule has 1 N–H and O–H groups in total. The van der Waals surface area contributed by atoms with Crippen LogP contribution < -0.4 is 0 Å². The summed E-state index contributed by atoms with van der Waals surface area (Å²) in [5, 5.41) is 9.44. The molecule has 1 aromatic carbocycles. The summed E-state index contributed by atoms with van der Waals surface area (Å²) in [7, 11) is -3.91. The molecule has 6 nitrogen and oxygen atoms in total. The Morgan fingerprint density at radius 2 is 2.00 bits per heavy atom. The maximum atomic E-state index is 11.8. The van der Waals surface area contributed by atoms with Crippen LogP contribution >= 0.6 is 0 Å². The second-order valence-electron chi connectivity index (χ2n) is 4.35. The minimum Gasteiger partial charge on any atom is -0.457 e. The van der Waals surface area contributed by atoms with Gasteiger partial charge in [-0.15, -0.1) is 0 Å². The highest BCUT2D eigenvalue weighted by atomic mass is 32.2. The van der Waals surface area contributed by atoms with Crippen molar-refractivity contribution in [3.05, 3.63) is 29.8 Å². The number of aliphatic hydroxyl groups excluding tert-OH is 1. The molecular weight excluding hydrogens is 272 g/mol. The third-order valence-electron chi connectivity index (χ3n) is 2.78. The fourth-order valence-corrected chi connectivity index (χ4v) is 2.59. The van der Waals surface area contributed by atoms with Gasteiger partial charge in [0.05, 0.1) is 11.3 Å². The summed E-state index contributed by atoms with van der Waals surface area (Å²) in [5.41, 5.74) is 0.930. The van der Waals surface area contributed by atoms with Crippen LogP contribution in [0.15, 0.2) is 29.2 Å². The van der Waals surface area contributed by atoms with Gasteiger partial charge in [-0.2, -0.15) is 8.42 Å². The largest absolute Gasteiger partial charge is 0.457 e. The predicted molar refractivity (Wildman–Crippen MR) is 64.8 cm³/mol. The van der Waals surface area contributed by atoms with Crippen LogP contribution in [0, 0.1) is 6.92 Å². The first-order valence-corrected chi connectivity index (χ1v) is 7.13. The third-order valence-corrected chi connectivity index (χ3v) is 4.08. The van der Waals surface area contributed by atoms with Crippen molar-refractivity contribution in [1.82, 2.24) is 0 Å². The van der Waals surface area contributed by atoms with E-state index in [4.69, 9.17) is 8.92 Å². The number of cyclic esters (lactones) is 1. The Morgan fingerprint density at radius 3 is 2.53 bits per heavy atom. The van der Waals surface area contributed by atoms with Gasteiger partial charge in [0, 0.05) is 0 Å². The monoisotopic (exact) mass is 286 g/mol. The van der Waals surface area contributed by atoms with E-state index in [-0.39, 0.29) is 17.9 Å². The summed E-state index contributed by atoms with van der Waals surface area (Å²) >= 11 is 0. The highest BCUT2D eigenvalue weighted by Gasteiger charge is 2.34. The molecule has 2 rings (SSSR count). The molecule has 19 heavy (non-hydrogen) atoms. The average molecular weight is 286 g/mol. The van der Waals surface area contributed by atoms with Crippen molar-refractivity contribution in [2.45, 2.75) is 30.4 Å². The lowest BCUT2D eigenvalue weighted by Gasteiger charge is -2.13. The number of aliphatic hydroxyl groups is 1. The maximum absolute atomic E-state index is 11.8. The number of rotatable bonds is 4. The number of hydrogen-bond donors (Lipinski definition) is 1. The van der Waals surface area contributed by atoms with E-state index in [2.05, 4.69) is 0 Å². The zero-order valence-electron chi connectivity index (χ0n) is 10.3. The summed E-state index contributed by atoms with van der Waals surface area (Å²) in [6.07, 6.45) is -2.10. The van der Waals surface area contributed by atoms with E-state index in [0.29, 0.717) is 0 Å². The first-order valence-electron chi connectivity index (χ1n) is 5.72. The van der Waals surface area contributed by atoms with Gasteiger partial charge in [0.25, 0.3) is 10.1 Å². The van der Waals surface area contributed by atoms with E-state index in [0.717, 1.165) is 5.56 Å². The fraction of sp³-hybridized carbons (Fsp3) is 0.417. The van der Waals surface area contributed by atoms with Crippen LogP contribution in [-0.2, 0) is 23.8 Å². The van der Waals surface area contributed by atoms with Gasteiger partial charge in [0.2, 0.25) is 0 Å². The maximum Gasteiger partial charge on any atom is 0.309 e. The molecule has 1 aliphatic rings. The predicted octanol–water partition coefficient (Wildman–Crippen LogP) is 0.377. The number of carbonyl (C=O) groups excluding carboxylic acids is 1. The second-order valence-corrected chi connectivity index (χ2v) is 5.97. The minimum atomic E-state index is -3.91. The highest BCUT2D eigenvalue weighted by Crippen LogP contribution is 2.18. The van der Waals surface area contributed by atoms with E-state index in [9.17, 15) is 18.3 Å². The van der Waals surface area contributed by atoms with E-state index < -0.39 is 28.3 Å². The lowest BCUT2D eigenvalue weighted by Crippen LogP contribution is -2.28. The summed E-state index contributed by atoms with van der Waals surface area (Å²) in [4.78, 5) is 10.9. The van der Waals surface area contributed by atoms with Gasteiger partial charge in [-0.05, 0) is 19.1 Å². The molecule has 0 spiro atoms. The van der Waals surface area contributed by atoms with E-state index in [1.807, 2.05) is 6.92 Å². The smallest absolute Gasteiger partial charge is 0.309 e. The topological polar surface area (TPSA) is 89.9 Å². The van der Waals surface area contributed by atoms with Crippen molar-refractivity contribution in [2.24, 2.45) is 0 Å². The van der Waals surface area contributed by atoms with Gasteiger partial charge in [-0.25, -0.2) is 0 Å². The van der Waals surface area contributed by atoms with Crippen LogP contribution in [0.5, 0.6) is 0 Å². The quantitative estimate of drug-likeness (QED) is 0.635. The molecular formula is C12H14O6S. The van der Waals surface area contributed by atoms with Gasteiger partial charge in [0.15, 0.2) is 6.10 Å². The van der Waals surface area contributed by atoms with Crippen LogP contribution in [0.4, 0.5) is 0 Å².